The number of nitrogens with zero attached hydrogens (tertiary/aromatic N) is 2. The predicted molar refractivity (Wildman–Crippen MR) is 55.5 cm³/mol. The lowest BCUT2D eigenvalue weighted by molar-refractivity contribution is -0.150. The van der Waals surface area contributed by atoms with Crippen LogP contribution in [-0.2, 0) is 9.53 Å². The standard InChI is InChI=1S/C11H18N2O2/c1-12-9-5-13(8-3-2-4-8)6-10(9)15-7-11(12)14/h8-10H,2-7H2,1H3/t9-,10+/m1/s1. The number of amides is 1. The average molecular weight is 210 g/mol. The molecule has 0 unspecified atom stereocenters. The minimum absolute atomic E-state index is 0.131. The molecule has 2 saturated heterocycles. The van der Waals surface area contributed by atoms with Gasteiger partial charge in [-0.15, -0.1) is 0 Å². The molecule has 1 amide bonds. The Morgan fingerprint density at radius 3 is 2.80 bits per heavy atom. The van der Waals surface area contributed by atoms with Crippen LogP contribution in [0.1, 0.15) is 19.3 Å². The van der Waals surface area contributed by atoms with Gasteiger partial charge in [-0.1, -0.05) is 6.42 Å². The third-order valence-electron chi connectivity index (χ3n) is 4.17. The second kappa shape index (κ2) is 3.46. The molecule has 0 aromatic carbocycles. The summed E-state index contributed by atoms with van der Waals surface area (Å²) in [5, 5.41) is 0. The summed E-state index contributed by atoms with van der Waals surface area (Å²) in [6.07, 6.45) is 4.29. The zero-order chi connectivity index (χ0) is 10.4. The number of morpholine rings is 1. The van der Waals surface area contributed by atoms with E-state index in [2.05, 4.69) is 4.90 Å². The fraction of sp³-hybridized carbons (Fsp3) is 0.909. The molecule has 4 heteroatoms. The van der Waals surface area contributed by atoms with E-state index in [1.807, 2.05) is 11.9 Å². The summed E-state index contributed by atoms with van der Waals surface area (Å²) >= 11 is 0. The predicted octanol–water partition coefficient (Wildman–Crippen LogP) is 0.0803. The van der Waals surface area contributed by atoms with Gasteiger partial charge in [0.1, 0.15) is 6.61 Å². The van der Waals surface area contributed by atoms with E-state index in [0.717, 1.165) is 19.1 Å². The number of likely N-dealkylation sites (N-methyl/N-ethyl adjacent to an activating group) is 1. The Morgan fingerprint density at radius 2 is 2.13 bits per heavy atom. The van der Waals surface area contributed by atoms with Crippen LogP contribution in [0.15, 0.2) is 0 Å². The molecule has 2 heterocycles. The van der Waals surface area contributed by atoms with Gasteiger partial charge < -0.3 is 9.64 Å². The van der Waals surface area contributed by atoms with Crippen LogP contribution in [0.25, 0.3) is 0 Å². The maximum absolute atomic E-state index is 11.5. The first-order chi connectivity index (χ1) is 7.25. The van der Waals surface area contributed by atoms with Crippen LogP contribution >= 0.6 is 0 Å². The van der Waals surface area contributed by atoms with Gasteiger partial charge in [-0.05, 0) is 12.8 Å². The molecule has 0 radical (unpaired) electrons. The molecule has 0 aromatic heterocycles. The van der Waals surface area contributed by atoms with Crippen LogP contribution in [0, 0.1) is 0 Å². The minimum Gasteiger partial charge on any atom is -0.365 e. The number of hydrogen-bond acceptors (Lipinski definition) is 3. The van der Waals surface area contributed by atoms with Crippen molar-refractivity contribution in [2.24, 2.45) is 0 Å². The van der Waals surface area contributed by atoms with E-state index in [1.54, 1.807) is 0 Å². The number of likely N-dealkylation sites (tertiary alicyclic amines) is 1. The van der Waals surface area contributed by atoms with Crippen molar-refractivity contribution in [1.82, 2.24) is 9.80 Å². The normalized spacial score (nSPS) is 37.9. The highest BCUT2D eigenvalue weighted by molar-refractivity contribution is 5.78. The second-order valence-electron chi connectivity index (χ2n) is 4.96. The Kier molecular flexibility index (Phi) is 2.21. The largest absolute Gasteiger partial charge is 0.365 e. The fourth-order valence-corrected chi connectivity index (χ4v) is 2.84. The highest BCUT2D eigenvalue weighted by atomic mass is 16.5. The first-order valence-corrected chi connectivity index (χ1v) is 5.87. The van der Waals surface area contributed by atoms with Crippen molar-refractivity contribution in [3.05, 3.63) is 0 Å². The maximum Gasteiger partial charge on any atom is 0.248 e. The molecule has 0 spiro atoms. The van der Waals surface area contributed by atoms with Gasteiger partial charge in [0, 0.05) is 26.2 Å². The van der Waals surface area contributed by atoms with Crippen LogP contribution < -0.4 is 0 Å². The lowest BCUT2D eigenvalue weighted by atomic mass is 9.92. The maximum atomic E-state index is 11.5. The fourth-order valence-electron chi connectivity index (χ4n) is 2.84. The van der Waals surface area contributed by atoms with Gasteiger partial charge >= 0.3 is 0 Å². The van der Waals surface area contributed by atoms with E-state index in [9.17, 15) is 4.79 Å². The van der Waals surface area contributed by atoms with Crippen molar-refractivity contribution in [3.63, 3.8) is 0 Å². The summed E-state index contributed by atoms with van der Waals surface area (Å²) in [6.45, 7) is 2.31. The van der Waals surface area contributed by atoms with E-state index in [4.69, 9.17) is 4.74 Å². The molecular formula is C11H18N2O2. The quantitative estimate of drug-likeness (QED) is 0.614. The Bertz CT molecular complexity index is 278. The lowest BCUT2D eigenvalue weighted by Crippen LogP contribution is -2.51. The molecule has 15 heavy (non-hydrogen) atoms. The Hall–Kier alpha value is -0.610. The van der Waals surface area contributed by atoms with Crippen LogP contribution in [0.4, 0.5) is 0 Å². The van der Waals surface area contributed by atoms with Crippen LogP contribution in [0.3, 0.4) is 0 Å². The molecule has 1 aliphatic carbocycles. The molecule has 4 nitrogen and oxygen atoms in total. The topological polar surface area (TPSA) is 32.8 Å². The zero-order valence-electron chi connectivity index (χ0n) is 9.19. The van der Waals surface area contributed by atoms with E-state index in [-0.39, 0.29) is 18.6 Å². The van der Waals surface area contributed by atoms with Crippen molar-refractivity contribution >= 4 is 5.91 Å². The van der Waals surface area contributed by atoms with Gasteiger partial charge in [-0.3, -0.25) is 9.69 Å². The lowest BCUT2D eigenvalue weighted by Gasteiger charge is -2.35. The van der Waals surface area contributed by atoms with Crippen molar-refractivity contribution < 1.29 is 9.53 Å². The first kappa shape index (κ1) is 9.60. The zero-order valence-corrected chi connectivity index (χ0v) is 9.19. The number of ether oxygens (including phenoxy) is 1. The van der Waals surface area contributed by atoms with Crippen LogP contribution in [0.5, 0.6) is 0 Å². The number of carbonyl (C=O) groups is 1. The summed E-state index contributed by atoms with van der Waals surface area (Å²) in [5.74, 6) is 0.131. The van der Waals surface area contributed by atoms with Gasteiger partial charge in [0.2, 0.25) is 5.91 Å². The average Bonchev–Trinajstić information content (AvgIpc) is 2.53. The summed E-state index contributed by atoms with van der Waals surface area (Å²) in [7, 11) is 1.91. The molecule has 2 atom stereocenters. The van der Waals surface area contributed by atoms with Gasteiger partial charge in [0.05, 0.1) is 12.1 Å². The Balaban J connectivity index is 1.69. The highest BCUT2D eigenvalue weighted by Gasteiger charge is 2.44. The second-order valence-corrected chi connectivity index (χ2v) is 4.96. The van der Waals surface area contributed by atoms with Crippen molar-refractivity contribution in [2.45, 2.75) is 37.5 Å². The number of hydrogen-bond donors (Lipinski definition) is 0. The van der Waals surface area contributed by atoms with E-state index in [0.29, 0.717) is 6.04 Å². The van der Waals surface area contributed by atoms with Gasteiger partial charge in [-0.2, -0.15) is 0 Å². The van der Waals surface area contributed by atoms with E-state index in [1.165, 1.54) is 19.3 Å². The summed E-state index contributed by atoms with van der Waals surface area (Å²) in [6, 6.07) is 1.06. The summed E-state index contributed by atoms with van der Waals surface area (Å²) < 4.78 is 5.60. The highest BCUT2D eigenvalue weighted by Crippen LogP contribution is 2.31. The van der Waals surface area contributed by atoms with Crippen LogP contribution in [-0.4, -0.2) is 60.6 Å². The smallest absolute Gasteiger partial charge is 0.248 e. The number of fused-ring (bicyclic) bond motifs is 1. The third kappa shape index (κ3) is 1.47. The molecule has 3 aliphatic rings. The Labute approximate surface area is 90.2 Å². The van der Waals surface area contributed by atoms with E-state index >= 15 is 0 Å². The molecule has 2 aliphatic heterocycles. The van der Waals surface area contributed by atoms with E-state index < -0.39 is 0 Å². The van der Waals surface area contributed by atoms with Gasteiger partial charge in [0.15, 0.2) is 0 Å². The SMILES string of the molecule is CN1C(=O)CO[C@H]2CN(C3CCC3)C[C@H]21. The Morgan fingerprint density at radius 1 is 1.33 bits per heavy atom. The van der Waals surface area contributed by atoms with Gasteiger partial charge in [0.25, 0.3) is 0 Å². The summed E-state index contributed by atoms with van der Waals surface area (Å²) in [5.41, 5.74) is 0. The molecule has 84 valence electrons. The minimum atomic E-state index is 0.131. The number of rotatable bonds is 1. The summed E-state index contributed by atoms with van der Waals surface area (Å²) in [4.78, 5) is 15.9. The molecule has 0 aromatic rings. The molecule has 0 N–H and O–H groups in total. The third-order valence-corrected chi connectivity index (χ3v) is 4.17. The number of carbonyl (C=O) groups excluding carboxylic acids is 1. The molecule has 0 bridgehead atoms. The van der Waals surface area contributed by atoms with Crippen molar-refractivity contribution in [1.29, 1.82) is 0 Å². The van der Waals surface area contributed by atoms with Crippen LogP contribution in [0.2, 0.25) is 0 Å². The molecule has 3 fully saturated rings. The monoisotopic (exact) mass is 210 g/mol. The van der Waals surface area contributed by atoms with Crippen molar-refractivity contribution in [3.8, 4) is 0 Å². The molecule has 3 rings (SSSR count). The first-order valence-electron chi connectivity index (χ1n) is 5.87. The van der Waals surface area contributed by atoms with Gasteiger partial charge in [-0.25, -0.2) is 0 Å². The molecule has 1 saturated carbocycles. The van der Waals surface area contributed by atoms with Crippen molar-refractivity contribution in [2.75, 3.05) is 26.7 Å². The molecular weight excluding hydrogens is 192 g/mol.